The molecule has 2 aromatic carbocycles. The Bertz CT molecular complexity index is 868. The van der Waals surface area contributed by atoms with E-state index >= 15 is 0 Å². The van der Waals surface area contributed by atoms with Crippen LogP contribution in [-0.2, 0) is 0 Å². The Hall–Kier alpha value is -2.71. The first-order valence-electron chi connectivity index (χ1n) is 6.94. The number of para-hydroxylation sites is 1. The predicted molar refractivity (Wildman–Crippen MR) is 93.4 cm³/mol. The van der Waals surface area contributed by atoms with Crippen molar-refractivity contribution in [3.8, 4) is 0 Å². The summed E-state index contributed by atoms with van der Waals surface area (Å²) in [5, 5.41) is 26.0. The van der Waals surface area contributed by atoms with Crippen LogP contribution in [0.3, 0.4) is 0 Å². The minimum Gasteiger partial charge on any atom is -0.353 e. The smallest absolute Gasteiger partial charge is 0.248 e. The summed E-state index contributed by atoms with van der Waals surface area (Å²) in [5.74, 6) is -0.748. The zero-order chi connectivity index (χ0) is 17.1. The van der Waals surface area contributed by atoms with Crippen LogP contribution in [0.2, 0.25) is 0 Å². The van der Waals surface area contributed by atoms with Crippen molar-refractivity contribution in [2.24, 2.45) is 0 Å². The zero-order valence-corrected chi connectivity index (χ0v) is 13.9. The first kappa shape index (κ1) is 16.2. The number of benzene rings is 2. The average molecular weight is 390 g/mol. The van der Waals surface area contributed by atoms with E-state index in [-0.39, 0.29) is 16.1 Å². The van der Waals surface area contributed by atoms with Gasteiger partial charge in [0.15, 0.2) is 0 Å². The number of hydrogen-bond donors (Lipinski definition) is 3. The molecular formula is C16H13BrFN5O. The molecule has 0 amide bonds. The van der Waals surface area contributed by atoms with Gasteiger partial charge in [-0.3, -0.25) is 10.6 Å². The van der Waals surface area contributed by atoms with E-state index < -0.39 is 5.82 Å². The number of nitrogens with one attached hydrogen (secondary N) is 2. The molecule has 0 bridgehead atoms. The molecule has 0 aliphatic carbocycles. The van der Waals surface area contributed by atoms with Crippen molar-refractivity contribution in [2.75, 3.05) is 10.4 Å². The summed E-state index contributed by atoms with van der Waals surface area (Å²) in [6.45, 7) is 0. The highest BCUT2D eigenvalue weighted by atomic mass is 79.9. The van der Waals surface area contributed by atoms with Crippen LogP contribution in [0.15, 0.2) is 65.4 Å². The standard InChI is InChI=1S/C16H13BrFN5O/c17-14-8-13(6-7-15(14)18)23(24)16(19)22-10-12(9-20-22)21-11-4-2-1-3-5-11/h1-10,19,21,24H. The molecular weight excluding hydrogens is 377 g/mol. The molecule has 0 atom stereocenters. The van der Waals surface area contributed by atoms with Crippen molar-refractivity contribution in [3.63, 3.8) is 0 Å². The fourth-order valence-electron chi connectivity index (χ4n) is 2.03. The molecule has 0 saturated carbocycles. The van der Waals surface area contributed by atoms with Gasteiger partial charge in [-0.25, -0.2) is 9.07 Å². The van der Waals surface area contributed by atoms with E-state index in [9.17, 15) is 9.60 Å². The first-order chi connectivity index (χ1) is 11.5. The predicted octanol–water partition coefficient (Wildman–Crippen LogP) is 4.21. The van der Waals surface area contributed by atoms with Crippen LogP contribution in [0, 0.1) is 11.2 Å². The summed E-state index contributed by atoms with van der Waals surface area (Å²) in [4.78, 5) is 0. The van der Waals surface area contributed by atoms with Crippen molar-refractivity contribution in [3.05, 3.63) is 71.2 Å². The lowest BCUT2D eigenvalue weighted by molar-refractivity contribution is 0.306. The summed E-state index contributed by atoms with van der Waals surface area (Å²) >= 11 is 3.05. The van der Waals surface area contributed by atoms with Gasteiger partial charge >= 0.3 is 0 Å². The summed E-state index contributed by atoms with van der Waals surface area (Å²) in [6.07, 6.45) is 3.10. The van der Waals surface area contributed by atoms with Crippen LogP contribution in [0.4, 0.5) is 21.5 Å². The van der Waals surface area contributed by atoms with Crippen molar-refractivity contribution in [1.29, 1.82) is 5.41 Å². The lowest BCUT2D eigenvalue weighted by atomic mass is 10.3. The minimum absolute atomic E-state index is 0.193. The van der Waals surface area contributed by atoms with Gasteiger partial charge in [-0.2, -0.15) is 10.2 Å². The molecule has 0 spiro atoms. The minimum atomic E-state index is -0.452. The quantitative estimate of drug-likeness (QED) is 0.356. The van der Waals surface area contributed by atoms with E-state index in [1.165, 1.54) is 29.1 Å². The fraction of sp³-hybridized carbons (Fsp3) is 0. The van der Waals surface area contributed by atoms with Crippen molar-refractivity contribution in [1.82, 2.24) is 9.78 Å². The lowest BCUT2D eigenvalue weighted by Crippen LogP contribution is -2.32. The molecule has 0 aliphatic heterocycles. The van der Waals surface area contributed by atoms with Gasteiger partial charge in [-0.15, -0.1) is 0 Å². The average Bonchev–Trinajstić information content (AvgIpc) is 3.05. The van der Waals surface area contributed by atoms with Crippen molar-refractivity contribution >= 4 is 39.0 Å². The second-order valence-corrected chi connectivity index (χ2v) is 5.75. The summed E-state index contributed by atoms with van der Waals surface area (Å²) in [6, 6.07) is 13.4. The van der Waals surface area contributed by atoms with E-state index in [0.29, 0.717) is 10.8 Å². The molecule has 3 aromatic rings. The third kappa shape index (κ3) is 3.44. The Morgan fingerprint density at radius 2 is 1.96 bits per heavy atom. The molecule has 0 radical (unpaired) electrons. The van der Waals surface area contributed by atoms with Crippen molar-refractivity contribution in [2.45, 2.75) is 0 Å². The highest BCUT2D eigenvalue weighted by Gasteiger charge is 2.14. The van der Waals surface area contributed by atoms with E-state index in [2.05, 4.69) is 26.3 Å². The summed E-state index contributed by atoms with van der Waals surface area (Å²) < 4.78 is 14.7. The number of rotatable bonds is 3. The maximum absolute atomic E-state index is 13.3. The molecule has 1 heterocycles. The number of hydroxylamine groups is 1. The van der Waals surface area contributed by atoms with E-state index in [0.717, 1.165) is 5.69 Å². The molecule has 0 unspecified atom stereocenters. The zero-order valence-electron chi connectivity index (χ0n) is 12.3. The highest BCUT2D eigenvalue weighted by molar-refractivity contribution is 9.10. The van der Waals surface area contributed by atoms with Gasteiger partial charge < -0.3 is 5.32 Å². The number of halogens is 2. The number of anilines is 3. The van der Waals surface area contributed by atoms with E-state index in [4.69, 9.17) is 5.41 Å². The SMILES string of the molecule is N=C(N(O)c1ccc(F)c(Br)c1)n1cc(Nc2ccccc2)cn1. The molecule has 8 heteroatoms. The third-order valence-electron chi connectivity index (χ3n) is 3.21. The maximum Gasteiger partial charge on any atom is 0.248 e. The fourth-order valence-corrected chi connectivity index (χ4v) is 2.39. The molecule has 3 rings (SSSR count). The van der Waals surface area contributed by atoms with Gasteiger partial charge in [0.05, 0.1) is 28.2 Å². The third-order valence-corrected chi connectivity index (χ3v) is 3.82. The number of nitrogens with zero attached hydrogens (tertiary/aromatic N) is 3. The highest BCUT2D eigenvalue weighted by Crippen LogP contribution is 2.23. The molecule has 0 saturated heterocycles. The van der Waals surface area contributed by atoms with Crippen molar-refractivity contribution < 1.29 is 9.60 Å². The van der Waals surface area contributed by atoms with Gasteiger partial charge in [-0.05, 0) is 46.3 Å². The Morgan fingerprint density at radius 3 is 2.67 bits per heavy atom. The molecule has 3 N–H and O–H groups in total. The van der Waals surface area contributed by atoms with Gasteiger partial charge in [0, 0.05) is 5.69 Å². The monoisotopic (exact) mass is 389 g/mol. The molecule has 122 valence electrons. The topological polar surface area (TPSA) is 77.2 Å². The Morgan fingerprint density at radius 1 is 1.21 bits per heavy atom. The summed E-state index contributed by atoms with van der Waals surface area (Å²) in [7, 11) is 0. The molecule has 1 aromatic heterocycles. The van der Waals surface area contributed by atoms with Gasteiger partial charge in [0.2, 0.25) is 5.96 Å². The van der Waals surface area contributed by atoms with Gasteiger partial charge in [0.1, 0.15) is 5.82 Å². The maximum atomic E-state index is 13.3. The van der Waals surface area contributed by atoms with Crippen LogP contribution in [0.5, 0.6) is 0 Å². The van der Waals surface area contributed by atoms with E-state index in [1.54, 1.807) is 6.20 Å². The Kier molecular flexibility index (Phi) is 4.59. The largest absolute Gasteiger partial charge is 0.353 e. The van der Waals surface area contributed by atoms with Gasteiger partial charge in [-0.1, -0.05) is 18.2 Å². The number of aromatic nitrogens is 2. The second kappa shape index (κ2) is 6.81. The Labute approximate surface area is 145 Å². The van der Waals surface area contributed by atoms with Crippen LogP contribution >= 0.6 is 15.9 Å². The van der Waals surface area contributed by atoms with Gasteiger partial charge in [0.25, 0.3) is 0 Å². The molecule has 0 aliphatic rings. The molecule has 0 fully saturated rings. The van der Waals surface area contributed by atoms with E-state index in [1.807, 2.05) is 30.3 Å². The van der Waals surface area contributed by atoms with Crippen LogP contribution in [0.25, 0.3) is 0 Å². The van der Waals surface area contributed by atoms with Crippen LogP contribution in [-0.4, -0.2) is 20.9 Å². The molecule has 6 nitrogen and oxygen atoms in total. The first-order valence-corrected chi connectivity index (χ1v) is 7.73. The van der Waals surface area contributed by atoms with Crippen LogP contribution < -0.4 is 10.4 Å². The second-order valence-electron chi connectivity index (χ2n) is 4.90. The lowest BCUT2D eigenvalue weighted by Gasteiger charge is -2.17. The van der Waals surface area contributed by atoms with Crippen LogP contribution in [0.1, 0.15) is 0 Å². The number of hydrogen-bond acceptors (Lipinski definition) is 4. The summed E-state index contributed by atoms with van der Waals surface area (Å²) in [5.41, 5.74) is 1.79. The normalized spacial score (nSPS) is 10.5. The molecule has 24 heavy (non-hydrogen) atoms. The Balaban J connectivity index is 1.76.